The summed E-state index contributed by atoms with van der Waals surface area (Å²) in [6, 6.07) is 13.0. The number of carbonyl (C=O) groups excluding carboxylic acids is 1. The third-order valence-electron chi connectivity index (χ3n) is 4.23. The Balaban J connectivity index is 1.40. The van der Waals surface area contributed by atoms with E-state index in [4.69, 9.17) is 25.5 Å². The summed E-state index contributed by atoms with van der Waals surface area (Å²) < 4.78 is 16.1. The maximum absolute atomic E-state index is 12.2. The zero-order valence-corrected chi connectivity index (χ0v) is 16.5. The summed E-state index contributed by atoms with van der Waals surface area (Å²) in [6.45, 7) is 0.114. The minimum atomic E-state index is -0.342. The van der Waals surface area contributed by atoms with E-state index in [1.807, 2.05) is 41.8 Å². The molecule has 0 aliphatic rings. The van der Waals surface area contributed by atoms with Crippen molar-refractivity contribution in [2.24, 2.45) is 0 Å². The molecule has 2 heterocycles. The van der Waals surface area contributed by atoms with Crippen LogP contribution in [0.25, 0.3) is 21.5 Å². The summed E-state index contributed by atoms with van der Waals surface area (Å²) in [6.07, 6.45) is 1.70. The lowest BCUT2D eigenvalue weighted by atomic mass is 10.1. The Morgan fingerprint density at radius 3 is 2.93 bits per heavy atom. The molecule has 142 valence electrons. The first-order valence-electron chi connectivity index (χ1n) is 8.53. The van der Waals surface area contributed by atoms with Gasteiger partial charge in [0.1, 0.15) is 22.9 Å². The van der Waals surface area contributed by atoms with Gasteiger partial charge in [-0.3, -0.25) is 4.79 Å². The number of hydrogen-bond acceptors (Lipinski definition) is 6. The molecule has 0 fully saturated rings. The van der Waals surface area contributed by atoms with E-state index in [1.165, 1.54) is 11.3 Å². The predicted octanol–water partition coefficient (Wildman–Crippen LogP) is 5.50. The van der Waals surface area contributed by atoms with E-state index in [0.717, 1.165) is 21.5 Å². The molecular weight excluding hydrogens is 398 g/mol. The highest BCUT2D eigenvalue weighted by atomic mass is 35.5. The lowest BCUT2D eigenvalue weighted by Gasteiger charge is -2.03. The van der Waals surface area contributed by atoms with E-state index in [9.17, 15) is 4.79 Å². The molecule has 0 N–H and O–H groups in total. The van der Waals surface area contributed by atoms with Crippen LogP contribution >= 0.6 is 22.9 Å². The van der Waals surface area contributed by atoms with Gasteiger partial charge < -0.3 is 13.9 Å². The lowest BCUT2D eigenvalue weighted by molar-refractivity contribution is -0.144. The van der Waals surface area contributed by atoms with Crippen LogP contribution in [-0.2, 0) is 22.6 Å². The van der Waals surface area contributed by atoms with Crippen LogP contribution in [0.5, 0.6) is 5.75 Å². The topological polar surface area (TPSA) is 61.6 Å². The van der Waals surface area contributed by atoms with Gasteiger partial charge in [-0.2, -0.15) is 0 Å². The molecule has 0 saturated carbocycles. The standard InChI is InChI=1S/C21H16ClNO4S/c1-25-15-6-7-16-13(10-26-19(16)9-15)8-20(24)27-11-14-12-28-21(23-14)17-4-2-3-5-18(17)22/h2-7,9-10,12H,8,11H2,1H3. The van der Waals surface area contributed by atoms with E-state index in [-0.39, 0.29) is 19.0 Å². The van der Waals surface area contributed by atoms with Gasteiger partial charge in [-0.15, -0.1) is 11.3 Å². The highest BCUT2D eigenvalue weighted by molar-refractivity contribution is 7.13. The molecule has 0 spiro atoms. The van der Waals surface area contributed by atoms with Crippen LogP contribution in [0, 0.1) is 0 Å². The van der Waals surface area contributed by atoms with Crippen LogP contribution in [0.2, 0.25) is 5.02 Å². The molecule has 0 unspecified atom stereocenters. The number of furan rings is 1. The van der Waals surface area contributed by atoms with Gasteiger partial charge in [0.2, 0.25) is 0 Å². The zero-order valence-electron chi connectivity index (χ0n) is 15.0. The molecule has 7 heteroatoms. The number of hydrogen-bond donors (Lipinski definition) is 0. The first-order valence-corrected chi connectivity index (χ1v) is 9.79. The highest BCUT2D eigenvalue weighted by Gasteiger charge is 2.14. The summed E-state index contributed by atoms with van der Waals surface area (Å²) in [5.41, 5.74) is 3.01. The van der Waals surface area contributed by atoms with Gasteiger partial charge in [-0.1, -0.05) is 29.8 Å². The molecule has 0 bridgehead atoms. The number of benzene rings is 2. The smallest absolute Gasteiger partial charge is 0.310 e. The normalized spacial score (nSPS) is 10.9. The molecule has 5 nitrogen and oxygen atoms in total. The monoisotopic (exact) mass is 413 g/mol. The van der Waals surface area contributed by atoms with E-state index in [2.05, 4.69) is 4.98 Å². The number of aromatic nitrogens is 1. The molecular formula is C21H16ClNO4S. The van der Waals surface area contributed by atoms with E-state index >= 15 is 0 Å². The molecule has 0 saturated heterocycles. The zero-order chi connectivity index (χ0) is 19.5. The lowest BCUT2D eigenvalue weighted by Crippen LogP contribution is -2.07. The predicted molar refractivity (Wildman–Crippen MR) is 109 cm³/mol. The summed E-state index contributed by atoms with van der Waals surface area (Å²) in [4.78, 5) is 16.8. The Morgan fingerprint density at radius 2 is 2.11 bits per heavy atom. The highest BCUT2D eigenvalue weighted by Crippen LogP contribution is 2.30. The maximum Gasteiger partial charge on any atom is 0.310 e. The Kier molecular flexibility index (Phi) is 5.32. The number of nitrogens with zero attached hydrogens (tertiary/aromatic N) is 1. The molecule has 28 heavy (non-hydrogen) atoms. The first kappa shape index (κ1) is 18.5. The average molecular weight is 414 g/mol. The second-order valence-corrected chi connectivity index (χ2v) is 7.35. The maximum atomic E-state index is 12.2. The van der Waals surface area contributed by atoms with Crippen molar-refractivity contribution in [3.05, 3.63) is 70.4 Å². The number of rotatable bonds is 6. The second kappa shape index (κ2) is 8.04. The Bertz CT molecular complexity index is 1130. The number of carbonyl (C=O) groups is 1. The van der Waals surface area contributed by atoms with Gasteiger partial charge >= 0.3 is 5.97 Å². The molecule has 4 aromatic rings. The van der Waals surface area contributed by atoms with E-state index in [1.54, 1.807) is 19.4 Å². The third kappa shape index (κ3) is 3.88. The fourth-order valence-corrected chi connectivity index (χ4v) is 3.94. The Morgan fingerprint density at radius 1 is 1.25 bits per heavy atom. The molecule has 0 atom stereocenters. The number of ether oxygens (including phenoxy) is 2. The van der Waals surface area contributed by atoms with Crippen molar-refractivity contribution in [1.29, 1.82) is 0 Å². The number of esters is 1. The van der Waals surface area contributed by atoms with Gasteiger partial charge in [0.15, 0.2) is 0 Å². The minimum Gasteiger partial charge on any atom is -0.497 e. The second-order valence-electron chi connectivity index (χ2n) is 6.08. The number of methoxy groups -OCH3 is 1. The molecule has 0 amide bonds. The van der Waals surface area contributed by atoms with E-state index < -0.39 is 0 Å². The van der Waals surface area contributed by atoms with Crippen LogP contribution in [0.1, 0.15) is 11.3 Å². The number of fused-ring (bicyclic) bond motifs is 1. The first-order chi connectivity index (χ1) is 13.6. The average Bonchev–Trinajstić information content (AvgIpc) is 3.33. The summed E-state index contributed by atoms with van der Waals surface area (Å²) >= 11 is 7.67. The van der Waals surface area contributed by atoms with Crippen molar-refractivity contribution in [2.45, 2.75) is 13.0 Å². The quantitative estimate of drug-likeness (QED) is 0.390. The molecule has 2 aromatic carbocycles. The van der Waals surface area contributed by atoms with Gasteiger partial charge in [-0.05, 0) is 18.2 Å². The number of halogens is 1. The van der Waals surface area contributed by atoms with Gasteiger partial charge in [0.05, 0.1) is 30.5 Å². The minimum absolute atomic E-state index is 0.114. The largest absolute Gasteiger partial charge is 0.497 e. The van der Waals surface area contributed by atoms with Crippen molar-refractivity contribution in [2.75, 3.05) is 7.11 Å². The van der Waals surface area contributed by atoms with Crippen molar-refractivity contribution in [3.63, 3.8) is 0 Å². The van der Waals surface area contributed by atoms with Crippen molar-refractivity contribution < 1.29 is 18.7 Å². The van der Waals surface area contributed by atoms with Crippen LogP contribution in [0.4, 0.5) is 0 Å². The van der Waals surface area contributed by atoms with Crippen LogP contribution in [0.15, 0.2) is 58.5 Å². The van der Waals surface area contributed by atoms with Gasteiger partial charge in [-0.25, -0.2) is 4.98 Å². The molecule has 0 radical (unpaired) electrons. The summed E-state index contributed by atoms with van der Waals surface area (Å²) in [5.74, 6) is 0.361. The molecule has 4 rings (SSSR count). The Labute approximate surface area is 170 Å². The van der Waals surface area contributed by atoms with E-state index in [0.29, 0.717) is 22.0 Å². The van der Waals surface area contributed by atoms with Crippen LogP contribution in [-0.4, -0.2) is 18.1 Å². The van der Waals surface area contributed by atoms with Crippen molar-refractivity contribution in [3.8, 4) is 16.3 Å². The van der Waals surface area contributed by atoms with Gasteiger partial charge in [0.25, 0.3) is 0 Å². The fourth-order valence-electron chi connectivity index (χ4n) is 2.82. The van der Waals surface area contributed by atoms with Crippen molar-refractivity contribution in [1.82, 2.24) is 4.98 Å². The molecule has 0 aliphatic heterocycles. The summed E-state index contributed by atoms with van der Waals surface area (Å²) in [7, 11) is 1.60. The van der Waals surface area contributed by atoms with Gasteiger partial charge in [0, 0.05) is 28.0 Å². The van der Waals surface area contributed by atoms with Crippen molar-refractivity contribution >= 4 is 39.9 Å². The Hall–Kier alpha value is -2.83. The van der Waals surface area contributed by atoms with Crippen LogP contribution < -0.4 is 4.74 Å². The van der Waals surface area contributed by atoms with Crippen LogP contribution in [0.3, 0.4) is 0 Å². The molecule has 0 aliphatic carbocycles. The summed E-state index contributed by atoms with van der Waals surface area (Å²) in [5, 5.41) is 4.17. The third-order valence-corrected chi connectivity index (χ3v) is 5.49. The SMILES string of the molecule is COc1ccc2c(CC(=O)OCc3csc(-c4ccccc4Cl)n3)coc2c1. The number of thiazole rings is 1. The molecule has 2 aromatic heterocycles. The fraction of sp³-hybridized carbons (Fsp3) is 0.143.